The number of carbonyl (C=O) groups excluding carboxylic acids is 1. The van der Waals surface area contributed by atoms with Crippen LogP contribution < -0.4 is 5.73 Å². The molecule has 2 rings (SSSR count). The van der Waals surface area contributed by atoms with Crippen LogP contribution in [0, 0.1) is 16.0 Å². The number of benzene rings is 1. The number of nitrogens with two attached hydrogens (primary N) is 1. The number of nitrogen functional groups attached to an aromatic ring is 1. The average Bonchev–Trinajstić information content (AvgIpc) is 2.91. The second kappa shape index (κ2) is 6.86. The van der Waals surface area contributed by atoms with Gasteiger partial charge in [0.2, 0.25) is 0 Å². The molecule has 1 heterocycles. The molecule has 2 N–H and O–H groups in total. The molecule has 0 fully saturated rings. The first-order valence-corrected chi connectivity index (χ1v) is 6.89. The number of rotatable bonds is 6. The molecule has 0 bridgehead atoms. The van der Waals surface area contributed by atoms with Gasteiger partial charge in [-0.05, 0) is 18.1 Å². The highest BCUT2D eigenvalue weighted by molar-refractivity contribution is 5.91. The summed E-state index contributed by atoms with van der Waals surface area (Å²) in [4.78, 5) is 26.1. The van der Waals surface area contributed by atoms with Crippen LogP contribution in [0.15, 0.2) is 22.7 Å². The monoisotopic (exact) mass is 320 g/mol. The Morgan fingerprint density at radius 1 is 1.48 bits per heavy atom. The molecule has 0 aliphatic rings. The fourth-order valence-electron chi connectivity index (χ4n) is 1.84. The largest absolute Gasteiger partial charge is 0.452 e. The maximum absolute atomic E-state index is 11.9. The first-order chi connectivity index (χ1) is 10.9. The summed E-state index contributed by atoms with van der Waals surface area (Å²) in [6, 6.07) is 3.69. The van der Waals surface area contributed by atoms with Gasteiger partial charge in [0.25, 0.3) is 11.6 Å². The molecule has 0 saturated carbocycles. The quantitative estimate of drug-likeness (QED) is 0.370. The molecule has 1 aromatic heterocycles. The lowest BCUT2D eigenvalue weighted by atomic mass is 10.1. The Morgan fingerprint density at radius 3 is 2.87 bits per heavy atom. The van der Waals surface area contributed by atoms with Gasteiger partial charge in [0.05, 0.1) is 10.5 Å². The van der Waals surface area contributed by atoms with Crippen LogP contribution in [0.3, 0.4) is 0 Å². The van der Waals surface area contributed by atoms with Gasteiger partial charge in [-0.2, -0.15) is 4.98 Å². The van der Waals surface area contributed by atoms with Gasteiger partial charge in [0, 0.05) is 12.5 Å². The van der Waals surface area contributed by atoms with Crippen molar-refractivity contribution in [3.63, 3.8) is 0 Å². The molecule has 9 heteroatoms. The van der Waals surface area contributed by atoms with Gasteiger partial charge in [-0.25, -0.2) is 4.79 Å². The van der Waals surface area contributed by atoms with E-state index in [1.165, 1.54) is 12.1 Å². The third-order valence-corrected chi connectivity index (χ3v) is 2.89. The summed E-state index contributed by atoms with van der Waals surface area (Å²) in [5, 5.41) is 14.6. The van der Waals surface area contributed by atoms with Crippen LogP contribution in [0.25, 0.3) is 0 Å². The Labute approximate surface area is 131 Å². The SMILES string of the molecule is CC(C)Cc1noc(COC(=O)c2ccc(N)c([N+](=O)[O-])c2)n1. The molecule has 9 nitrogen and oxygen atoms in total. The molecule has 0 unspecified atom stereocenters. The fourth-order valence-corrected chi connectivity index (χ4v) is 1.84. The number of nitro groups is 1. The number of carbonyl (C=O) groups is 1. The van der Waals surface area contributed by atoms with Gasteiger partial charge < -0.3 is 15.0 Å². The number of anilines is 1. The molecule has 0 atom stereocenters. The number of nitrogens with zero attached hydrogens (tertiary/aromatic N) is 3. The van der Waals surface area contributed by atoms with Gasteiger partial charge >= 0.3 is 5.97 Å². The van der Waals surface area contributed by atoms with Gasteiger partial charge in [-0.15, -0.1) is 0 Å². The molecule has 0 radical (unpaired) electrons. The summed E-state index contributed by atoms with van der Waals surface area (Å²) >= 11 is 0. The minimum absolute atomic E-state index is 0.0211. The van der Waals surface area contributed by atoms with Gasteiger partial charge in [-0.3, -0.25) is 10.1 Å². The van der Waals surface area contributed by atoms with Crippen LogP contribution in [-0.4, -0.2) is 21.0 Å². The van der Waals surface area contributed by atoms with Crippen LogP contribution in [0.4, 0.5) is 11.4 Å². The summed E-state index contributed by atoms with van der Waals surface area (Å²) in [7, 11) is 0. The highest BCUT2D eigenvalue weighted by Gasteiger charge is 2.17. The number of ether oxygens (including phenoxy) is 1. The van der Waals surface area contributed by atoms with Gasteiger partial charge in [-0.1, -0.05) is 19.0 Å². The third kappa shape index (κ3) is 4.25. The summed E-state index contributed by atoms with van der Waals surface area (Å²) in [5.74, 6) is 0.336. The van der Waals surface area contributed by atoms with Crippen molar-refractivity contribution in [3.8, 4) is 0 Å². The lowest BCUT2D eigenvalue weighted by molar-refractivity contribution is -0.383. The minimum Gasteiger partial charge on any atom is -0.452 e. The molecule has 0 saturated heterocycles. The van der Waals surface area contributed by atoms with E-state index in [1.807, 2.05) is 13.8 Å². The minimum atomic E-state index is -0.739. The van der Waals surface area contributed by atoms with E-state index in [9.17, 15) is 14.9 Å². The average molecular weight is 320 g/mol. The highest BCUT2D eigenvalue weighted by Crippen LogP contribution is 2.22. The molecule has 0 amide bonds. The zero-order valence-corrected chi connectivity index (χ0v) is 12.7. The van der Waals surface area contributed by atoms with Crippen molar-refractivity contribution >= 4 is 17.3 Å². The lowest BCUT2D eigenvalue weighted by Crippen LogP contribution is -2.07. The molecular weight excluding hydrogens is 304 g/mol. The molecular formula is C14H16N4O5. The van der Waals surface area contributed by atoms with E-state index in [2.05, 4.69) is 10.1 Å². The van der Waals surface area contributed by atoms with Crippen molar-refractivity contribution in [2.75, 3.05) is 5.73 Å². The zero-order valence-electron chi connectivity index (χ0n) is 12.7. The topological polar surface area (TPSA) is 134 Å². The molecule has 23 heavy (non-hydrogen) atoms. The van der Waals surface area contributed by atoms with E-state index in [0.29, 0.717) is 18.2 Å². The molecule has 0 aliphatic carbocycles. The fraction of sp³-hybridized carbons (Fsp3) is 0.357. The van der Waals surface area contributed by atoms with Crippen LogP contribution in [0.2, 0.25) is 0 Å². The number of aromatic nitrogens is 2. The van der Waals surface area contributed by atoms with E-state index in [0.717, 1.165) is 6.07 Å². The third-order valence-electron chi connectivity index (χ3n) is 2.89. The van der Waals surface area contributed by atoms with Gasteiger partial charge in [0.1, 0.15) is 5.69 Å². The van der Waals surface area contributed by atoms with Crippen molar-refractivity contribution < 1.29 is 19.0 Å². The Kier molecular flexibility index (Phi) is 4.89. The first kappa shape index (κ1) is 16.4. The van der Waals surface area contributed by atoms with Crippen molar-refractivity contribution in [1.82, 2.24) is 10.1 Å². The predicted molar refractivity (Wildman–Crippen MR) is 79.5 cm³/mol. The van der Waals surface area contributed by atoms with Crippen LogP contribution in [-0.2, 0) is 17.8 Å². The highest BCUT2D eigenvalue weighted by atomic mass is 16.6. The number of hydrogen-bond donors (Lipinski definition) is 1. The zero-order chi connectivity index (χ0) is 17.0. The Morgan fingerprint density at radius 2 is 2.22 bits per heavy atom. The Balaban J connectivity index is 2.01. The number of nitro benzene ring substituents is 1. The van der Waals surface area contributed by atoms with Crippen molar-refractivity contribution in [2.24, 2.45) is 5.92 Å². The Hall–Kier alpha value is -2.97. The number of hydrogen-bond acceptors (Lipinski definition) is 8. The van der Waals surface area contributed by atoms with Crippen LogP contribution in [0.5, 0.6) is 0 Å². The molecule has 0 aliphatic heterocycles. The van der Waals surface area contributed by atoms with Crippen LogP contribution in [0.1, 0.15) is 35.9 Å². The van der Waals surface area contributed by atoms with Crippen LogP contribution >= 0.6 is 0 Å². The van der Waals surface area contributed by atoms with E-state index < -0.39 is 10.9 Å². The van der Waals surface area contributed by atoms with Crippen molar-refractivity contribution in [2.45, 2.75) is 26.9 Å². The van der Waals surface area contributed by atoms with Crippen molar-refractivity contribution in [1.29, 1.82) is 0 Å². The van der Waals surface area contributed by atoms with E-state index >= 15 is 0 Å². The summed E-state index contributed by atoms with van der Waals surface area (Å²) in [6.07, 6.45) is 0.654. The molecule has 0 spiro atoms. The van der Waals surface area contributed by atoms with E-state index in [4.69, 9.17) is 15.0 Å². The maximum Gasteiger partial charge on any atom is 0.338 e. The second-order valence-electron chi connectivity index (χ2n) is 5.31. The Bertz CT molecular complexity index is 726. The van der Waals surface area contributed by atoms with Gasteiger partial charge in [0.15, 0.2) is 12.4 Å². The summed E-state index contributed by atoms with van der Waals surface area (Å²) < 4.78 is 9.97. The predicted octanol–water partition coefficient (Wildman–Crippen LogP) is 2.12. The van der Waals surface area contributed by atoms with Crippen molar-refractivity contribution in [3.05, 3.63) is 45.6 Å². The molecule has 122 valence electrons. The van der Waals surface area contributed by atoms with E-state index in [1.54, 1.807) is 0 Å². The summed E-state index contributed by atoms with van der Waals surface area (Å²) in [5.41, 5.74) is 5.12. The van der Waals surface area contributed by atoms with E-state index in [-0.39, 0.29) is 29.4 Å². The second-order valence-corrected chi connectivity index (χ2v) is 5.31. The smallest absolute Gasteiger partial charge is 0.338 e. The molecule has 1 aromatic carbocycles. The standard InChI is InChI=1S/C14H16N4O5/c1-8(2)5-12-16-13(23-17-12)7-22-14(19)9-3-4-10(15)11(6-9)18(20)21/h3-4,6,8H,5,7,15H2,1-2H3. The number of esters is 1. The maximum atomic E-state index is 11.9. The molecule has 2 aromatic rings. The summed E-state index contributed by atoms with van der Waals surface area (Å²) in [6.45, 7) is 3.83. The first-order valence-electron chi connectivity index (χ1n) is 6.89. The lowest BCUT2D eigenvalue weighted by Gasteiger charge is -2.03. The normalized spacial score (nSPS) is 10.7.